The number of nitrogens with zero attached hydrogens (tertiary/aromatic N) is 1. The van der Waals surface area contributed by atoms with Crippen LogP contribution in [0.2, 0.25) is 0 Å². The fourth-order valence-corrected chi connectivity index (χ4v) is 2.72. The highest BCUT2D eigenvalue weighted by Gasteiger charge is 2.32. The van der Waals surface area contributed by atoms with Crippen molar-refractivity contribution in [2.45, 2.75) is 12.3 Å². The fraction of sp³-hybridized carbons (Fsp3) is 0.385. The van der Waals surface area contributed by atoms with Crippen LogP contribution in [0.4, 0.5) is 5.69 Å². The van der Waals surface area contributed by atoms with Crippen LogP contribution in [0.1, 0.15) is 17.9 Å². The second kappa shape index (κ2) is 5.44. The third kappa shape index (κ3) is 2.51. The number of amides is 1. The van der Waals surface area contributed by atoms with Gasteiger partial charge in [-0.1, -0.05) is 18.2 Å². The van der Waals surface area contributed by atoms with E-state index in [1.807, 2.05) is 30.5 Å². The summed E-state index contributed by atoms with van der Waals surface area (Å²) in [6.45, 7) is 0.477. The van der Waals surface area contributed by atoms with Gasteiger partial charge in [0.05, 0.1) is 12.2 Å². The average Bonchev–Trinajstić information content (AvgIpc) is 2.68. The number of rotatable bonds is 4. The molecular weight excluding hydrogens is 250 g/mol. The average molecular weight is 265 g/mol. The summed E-state index contributed by atoms with van der Waals surface area (Å²) < 4.78 is 0. The largest absolute Gasteiger partial charge is 0.481 e. The Morgan fingerprint density at radius 3 is 2.83 bits per heavy atom. The highest BCUT2D eigenvalue weighted by atomic mass is 32.2. The maximum atomic E-state index is 12.0. The van der Waals surface area contributed by atoms with Crippen LogP contribution in [0.3, 0.4) is 0 Å². The van der Waals surface area contributed by atoms with Crippen LogP contribution >= 0.6 is 11.8 Å². The molecule has 4 nitrogen and oxygen atoms in total. The van der Waals surface area contributed by atoms with Crippen LogP contribution in [0.15, 0.2) is 24.3 Å². The van der Waals surface area contributed by atoms with Crippen molar-refractivity contribution < 1.29 is 14.7 Å². The minimum atomic E-state index is -0.825. The Hall–Kier alpha value is -1.49. The van der Waals surface area contributed by atoms with Gasteiger partial charge >= 0.3 is 5.97 Å². The monoisotopic (exact) mass is 265 g/mol. The standard InChI is InChI=1S/C13H15NO3S/c1-18-8-12(15)14-7-9(6-13(16)17)10-4-2-3-5-11(10)14/h2-5,9H,6-8H2,1H3,(H,16,17). The van der Waals surface area contributed by atoms with E-state index in [2.05, 4.69) is 0 Å². The quantitative estimate of drug-likeness (QED) is 0.904. The number of aliphatic carboxylic acids is 1. The van der Waals surface area contributed by atoms with E-state index in [4.69, 9.17) is 5.11 Å². The van der Waals surface area contributed by atoms with E-state index >= 15 is 0 Å². The first-order valence-corrected chi connectivity index (χ1v) is 7.13. The van der Waals surface area contributed by atoms with E-state index < -0.39 is 5.97 Å². The van der Waals surface area contributed by atoms with Crippen LogP contribution in [0, 0.1) is 0 Å². The van der Waals surface area contributed by atoms with Gasteiger partial charge in [0.25, 0.3) is 0 Å². The van der Waals surface area contributed by atoms with E-state index in [-0.39, 0.29) is 18.2 Å². The van der Waals surface area contributed by atoms with Crippen molar-refractivity contribution in [3.05, 3.63) is 29.8 Å². The first kappa shape index (κ1) is 13.0. The van der Waals surface area contributed by atoms with Crippen molar-refractivity contribution in [2.24, 2.45) is 0 Å². The van der Waals surface area contributed by atoms with Gasteiger partial charge in [-0.3, -0.25) is 9.59 Å². The van der Waals surface area contributed by atoms with Gasteiger partial charge in [-0.05, 0) is 17.9 Å². The molecule has 0 saturated carbocycles. The number of benzene rings is 1. The van der Waals surface area contributed by atoms with Gasteiger partial charge in [0.2, 0.25) is 5.91 Å². The molecule has 0 spiro atoms. The van der Waals surface area contributed by atoms with Crippen LogP contribution < -0.4 is 4.90 Å². The van der Waals surface area contributed by atoms with Crippen LogP contribution in [-0.4, -0.2) is 35.5 Å². The molecule has 1 aliphatic heterocycles. The molecule has 1 atom stereocenters. The summed E-state index contributed by atoms with van der Waals surface area (Å²) in [4.78, 5) is 24.6. The van der Waals surface area contributed by atoms with Gasteiger partial charge in [-0.25, -0.2) is 0 Å². The van der Waals surface area contributed by atoms with Crippen molar-refractivity contribution in [3.63, 3.8) is 0 Å². The molecule has 1 unspecified atom stereocenters. The lowest BCUT2D eigenvalue weighted by Gasteiger charge is -2.17. The van der Waals surface area contributed by atoms with Crippen LogP contribution in [0.5, 0.6) is 0 Å². The Kier molecular flexibility index (Phi) is 3.91. The predicted molar refractivity (Wildman–Crippen MR) is 72.2 cm³/mol. The zero-order chi connectivity index (χ0) is 13.1. The number of anilines is 1. The summed E-state index contributed by atoms with van der Waals surface area (Å²) in [6, 6.07) is 7.56. The Bertz CT molecular complexity index is 475. The zero-order valence-corrected chi connectivity index (χ0v) is 10.9. The second-order valence-electron chi connectivity index (χ2n) is 4.29. The number of carboxylic acids is 1. The van der Waals surface area contributed by atoms with Crippen molar-refractivity contribution in [1.82, 2.24) is 0 Å². The second-order valence-corrected chi connectivity index (χ2v) is 5.16. The normalized spacial score (nSPS) is 17.6. The summed E-state index contributed by atoms with van der Waals surface area (Å²) in [6.07, 6.45) is 1.95. The Labute approximate surface area is 110 Å². The summed E-state index contributed by atoms with van der Waals surface area (Å²) in [5.74, 6) is -0.449. The molecule has 1 aromatic carbocycles. The number of carboxylic acid groups (broad SMARTS) is 1. The highest BCUT2D eigenvalue weighted by molar-refractivity contribution is 7.99. The lowest BCUT2D eigenvalue weighted by molar-refractivity contribution is -0.137. The number of carbonyl (C=O) groups is 2. The summed E-state index contributed by atoms with van der Waals surface area (Å²) in [5.41, 5.74) is 1.83. The third-order valence-electron chi connectivity index (χ3n) is 3.06. The minimum Gasteiger partial charge on any atom is -0.481 e. The molecule has 1 N–H and O–H groups in total. The van der Waals surface area contributed by atoms with Crippen LogP contribution in [0.25, 0.3) is 0 Å². The number of hydrogen-bond acceptors (Lipinski definition) is 3. The van der Waals surface area contributed by atoms with Crippen molar-refractivity contribution in [3.8, 4) is 0 Å². The van der Waals surface area contributed by atoms with E-state index in [1.54, 1.807) is 4.90 Å². The van der Waals surface area contributed by atoms with Gasteiger partial charge in [0.1, 0.15) is 0 Å². The van der Waals surface area contributed by atoms with E-state index in [1.165, 1.54) is 11.8 Å². The SMILES string of the molecule is CSCC(=O)N1CC(CC(=O)O)c2ccccc21. The highest BCUT2D eigenvalue weighted by Crippen LogP contribution is 2.38. The molecule has 2 rings (SSSR count). The van der Waals surface area contributed by atoms with Gasteiger partial charge in [-0.15, -0.1) is 0 Å². The number of thioether (sulfide) groups is 1. The van der Waals surface area contributed by atoms with Crippen molar-refractivity contribution in [1.29, 1.82) is 0 Å². The number of para-hydroxylation sites is 1. The molecule has 96 valence electrons. The number of carbonyl (C=O) groups excluding carboxylic acids is 1. The molecule has 0 aliphatic carbocycles. The molecular formula is C13H15NO3S. The first-order chi connectivity index (χ1) is 8.63. The smallest absolute Gasteiger partial charge is 0.304 e. The summed E-state index contributed by atoms with van der Waals surface area (Å²) in [7, 11) is 0. The topological polar surface area (TPSA) is 57.6 Å². The number of hydrogen-bond donors (Lipinski definition) is 1. The van der Waals surface area contributed by atoms with Gasteiger partial charge in [0.15, 0.2) is 0 Å². The van der Waals surface area contributed by atoms with Crippen molar-refractivity contribution in [2.75, 3.05) is 23.5 Å². The molecule has 1 aliphatic rings. The summed E-state index contributed by atoms with van der Waals surface area (Å²) >= 11 is 1.48. The molecule has 1 aromatic rings. The molecule has 5 heteroatoms. The molecule has 18 heavy (non-hydrogen) atoms. The van der Waals surface area contributed by atoms with Gasteiger partial charge in [0, 0.05) is 18.2 Å². The zero-order valence-electron chi connectivity index (χ0n) is 10.1. The maximum Gasteiger partial charge on any atom is 0.304 e. The molecule has 0 saturated heterocycles. The van der Waals surface area contributed by atoms with Crippen LogP contribution in [-0.2, 0) is 9.59 Å². The molecule has 1 amide bonds. The van der Waals surface area contributed by atoms with Gasteiger partial charge < -0.3 is 10.0 Å². The maximum absolute atomic E-state index is 12.0. The first-order valence-electron chi connectivity index (χ1n) is 5.73. The molecule has 0 fully saturated rings. The number of fused-ring (bicyclic) bond motifs is 1. The van der Waals surface area contributed by atoms with E-state index in [0.29, 0.717) is 12.3 Å². The lowest BCUT2D eigenvalue weighted by Crippen LogP contribution is -2.31. The summed E-state index contributed by atoms with van der Waals surface area (Å²) in [5, 5.41) is 8.92. The van der Waals surface area contributed by atoms with E-state index in [0.717, 1.165) is 11.3 Å². The Morgan fingerprint density at radius 1 is 1.44 bits per heavy atom. The molecule has 0 radical (unpaired) electrons. The molecule has 0 bridgehead atoms. The molecule has 0 aromatic heterocycles. The third-order valence-corrected chi connectivity index (χ3v) is 3.60. The Balaban J connectivity index is 2.27. The Morgan fingerprint density at radius 2 is 2.17 bits per heavy atom. The van der Waals surface area contributed by atoms with Crippen molar-refractivity contribution >= 4 is 29.3 Å². The van der Waals surface area contributed by atoms with Gasteiger partial charge in [-0.2, -0.15) is 11.8 Å². The van der Waals surface area contributed by atoms with E-state index in [9.17, 15) is 9.59 Å². The predicted octanol–water partition coefficient (Wildman–Crippen LogP) is 1.95. The molecule has 1 heterocycles. The minimum absolute atomic E-state index is 0.0443. The lowest BCUT2D eigenvalue weighted by atomic mass is 9.98. The fourth-order valence-electron chi connectivity index (χ4n) is 2.32.